The van der Waals surface area contributed by atoms with E-state index in [-0.39, 0.29) is 10.9 Å². The molecule has 2 aromatic rings. The van der Waals surface area contributed by atoms with Gasteiger partial charge in [-0.1, -0.05) is 17.7 Å². The molecule has 20 heavy (non-hydrogen) atoms. The summed E-state index contributed by atoms with van der Waals surface area (Å²) in [4.78, 5) is 3.91. The van der Waals surface area contributed by atoms with Crippen molar-refractivity contribution < 1.29 is 13.5 Å². The third-order valence-electron chi connectivity index (χ3n) is 2.84. The van der Waals surface area contributed by atoms with Crippen molar-refractivity contribution in [2.75, 3.05) is 5.75 Å². The molecule has 1 atom stereocenters. The molecule has 0 spiro atoms. The van der Waals surface area contributed by atoms with E-state index in [4.69, 9.17) is 11.6 Å². The summed E-state index contributed by atoms with van der Waals surface area (Å²) >= 11 is 6.06. The van der Waals surface area contributed by atoms with Gasteiger partial charge in [-0.05, 0) is 31.5 Å². The van der Waals surface area contributed by atoms with Crippen LogP contribution >= 0.6 is 11.6 Å². The van der Waals surface area contributed by atoms with E-state index in [9.17, 15) is 13.5 Å². The van der Waals surface area contributed by atoms with E-state index in [2.05, 4.69) is 4.98 Å². The minimum Gasteiger partial charge on any atom is -0.392 e. The lowest BCUT2D eigenvalue weighted by Crippen LogP contribution is -2.21. The van der Waals surface area contributed by atoms with E-state index in [1.165, 1.54) is 17.7 Å². The largest absolute Gasteiger partial charge is 0.392 e. The molecule has 0 aliphatic rings. The van der Waals surface area contributed by atoms with Crippen molar-refractivity contribution >= 4 is 21.4 Å². The van der Waals surface area contributed by atoms with Gasteiger partial charge < -0.3 is 5.11 Å². The number of benzene rings is 1. The van der Waals surface area contributed by atoms with E-state index < -0.39 is 15.9 Å². The second kappa shape index (κ2) is 5.55. The third kappa shape index (κ3) is 2.87. The minimum absolute atomic E-state index is 0.0937. The second-order valence-electron chi connectivity index (χ2n) is 4.59. The molecule has 0 saturated carbocycles. The van der Waals surface area contributed by atoms with Crippen LogP contribution in [0.5, 0.6) is 0 Å². The topological polar surface area (TPSA) is 72.2 Å². The number of imidazole rings is 1. The Morgan fingerprint density at radius 3 is 2.80 bits per heavy atom. The Balaban J connectivity index is 2.57. The Morgan fingerprint density at radius 2 is 2.15 bits per heavy atom. The summed E-state index contributed by atoms with van der Waals surface area (Å²) in [6.45, 7) is 3.23. The number of aromatic nitrogens is 2. The van der Waals surface area contributed by atoms with Crippen molar-refractivity contribution in [1.29, 1.82) is 0 Å². The highest BCUT2D eigenvalue weighted by molar-refractivity contribution is 7.91. The fourth-order valence-electron chi connectivity index (χ4n) is 1.95. The van der Waals surface area contributed by atoms with E-state index in [0.29, 0.717) is 10.7 Å². The van der Waals surface area contributed by atoms with Crippen LogP contribution in [0.1, 0.15) is 12.5 Å². The molecular weight excluding hydrogens is 300 g/mol. The number of sulfone groups is 1. The number of aliphatic hydroxyl groups excluding tert-OH is 1. The molecule has 5 nitrogen and oxygen atoms in total. The minimum atomic E-state index is -3.67. The first-order valence-electron chi connectivity index (χ1n) is 6.02. The van der Waals surface area contributed by atoms with Gasteiger partial charge in [0.2, 0.25) is 15.0 Å². The Hall–Kier alpha value is -1.37. The molecule has 0 amide bonds. The summed E-state index contributed by atoms with van der Waals surface area (Å²) in [7, 11) is -3.67. The standard InChI is InChI=1S/C13H15ClN2O3S/c1-9(17)8-20(18,19)13-15-6-7-16(13)12-5-3-4-11(14)10(12)2/h3-7,9,17H,8H2,1-2H3/t9-/m0/s1. The smallest absolute Gasteiger partial charge is 0.232 e. The second-order valence-corrected chi connectivity index (χ2v) is 6.93. The first-order chi connectivity index (χ1) is 9.33. The normalized spacial score (nSPS) is 13.4. The molecule has 0 aliphatic heterocycles. The SMILES string of the molecule is Cc1c(Cl)cccc1-n1ccnc1S(=O)(=O)C[C@H](C)O. The first-order valence-corrected chi connectivity index (χ1v) is 8.05. The molecule has 1 aromatic heterocycles. The zero-order valence-corrected chi connectivity index (χ0v) is 12.7. The molecule has 0 unspecified atom stereocenters. The lowest BCUT2D eigenvalue weighted by Gasteiger charge is -2.12. The van der Waals surface area contributed by atoms with Crippen LogP contribution < -0.4 is 0 Å². The number of halogens is 1. The number of aliphatic hydroxyl groups is 1. The molecule has 7 heteroatoms. The average Bonchev–Trinajstić information content (AvgIpc) is 2.80. The third-order valence-corrected chi connectivity index (χ3v) is 5.03. The molecule has 0 fully saturated rings. The van der Waals surface area contributed by atoms with Gasteiger partial charge in [0, 0.05) is 17.4 Å². The van der Waals surface area contributed by atoms with E-state index in [0.717, 1.165) is 5.56 Å². The predicted molar refractivity (Wildman–Crippen MR) is 77.0 cm³/mol. The molecule has 0 radical (unpaired) electrons. The van der Waals surface area contributed by atoms with Gasteiger partial charge in [0.1, 0.15) is 0 Å². The lowest BCUT2D eigenvalue weighted by atomic mass is 10.2. The lowest BCUT2D eigenvalue weighted by molar-refractivity contribution is 0.218. The van der Waals surface area contributed by atoms with Gasteiger partial charge in [-0.3, -0.25) is 4.57 Å². The zero-order chi connectivity index (χ0) is 14.9. The van der Waals surface area contributed by atoms with Crippen LogP contribution in [0.2, 0.25) is 5.02 Å². The Kier molecular flexibility index (Phi) is 4.17. The van der Waals surface area contributed by atoms with Gasteiger partial charge in [-0.15, -0.1) is 0 Å². The van der Waals surface area contributed by atoms with Crippen LogP contribution in [-0.4, -0.2) is 34.9 Å². The van der Waals surface area contributed by atoms with E-state index in [1.807, 2.05) is 6.92 Å². The Morgan fingerprint density at radius 1 is 1.45 bits per heavy atom. The van der Waals surface area contributed by atoms with Gasteiger partial charge in [0.05, 0.1) is 17.5 Å². The zero-order valence-electron chi connectivity index (χ0n) is 11.1. The summed E-state index contributed by atoms with van der Waals surface area (Å²) < 4.78 is 25.9. The molecule has 2 rings (SSSR count). The number of hydrogen-bond acceptors (Lipinski definition) is 4. The molecule has 0 bridgehead atoms. The molecule has 1 heterocycles. The maximum absolute atomic E-state index is 12.2. The van der Waals surface area contributed by atoms with Crippen LogP contribution in [0, 0.1) is 6.92 Å². The summed E-state index contributed by atoms with van der Waals surface area (Å²) in [5.74, 6) is -0.371. The van der Waals surface area contributed by atoms with Gasteiger partial charge >= 0.3 is 0 Å². The van der Waals surface area contributed by atoms with Crippen molar-refractivity contribution in [3.05, 3.63) is 41.2 Å². The number of rotatable bonds is 4. The van der Waals surface area contributed by atoms with Gasteiger partial charge in [-0.2, -0.15) is 0 Å². The van der Waals surface area contributed by atoms with Gasteiger partial charge in [0.25, 0.3) is 0 Å². The van der Waals surface area contributed by atoms with Crippen molar-refractivity contribution in [3.8, 4) is 5.69 Å². The van der Waals surface area contributed by atoms with E-state index in [1.54, 1.807) is 24.4 Å². The molecule has 1 aromatic carbocycles. The van der Waals surface area contributed by atoms with Crippen molar-refractivity contribution in [1.82, 2.24) is 9.55 Å². The maximum atomic E-state index is 12.2. The quantitative estimate of drug-likeness (QED) is 0.936. The molecule has 0 saturated heterocycles. The summed E-state index contributed by atoms with van der Waals surface area (Å²) in [6, 6.07) is 5.25. The van der Waals surface area contributed by atoms with Crippen LogP contribution in [0.3, 0.4) is 0 Å². The predicted octanol–water partition coefficient (Wildman–Crippen LogP) is 1.99. The van der Waals surface area contributed by atoms with Crippen molar-refractivity contribution in [2.24, 2.45) is 0 Å². The van der Waals surface area contributed by atoms with Crippen molar-refractivity contribution in [3.63, 3.8) is 0 Å². The Bertz CT molecular complexity index is 723. The maximum Gasteiger partial charge on any atom is 0.232 e. The summed E-state index contributed by atoms with van der Waals surface area (Å²) in [6.07, 6.45) is 2.02. The molecule has 0 aliphatic carbocycles. The number of nitrogens with zero attached hydrogens (tertiary/aromatic N) is 2. The van der Waals surface area contributed by atoms with Crippen molar-refractivity contribution in [2.45, 2.75) is 25.1 Å². The van der Waals surface area contributed by atoms with E-state index >= 15 is 0 Å². The average molecular weight is 315 g/mol. The molecule has 108 valence electrons. The fraction of sp³-hybridized carbons (Fsp3) is 0.308. The van der Waals surface area contributed by atoms with Gasteiger partial charge in [-0.25, -0.2) is 13.4 Å². The van der Waals surface area contributed by atoms with Crippen LogP contribution in [0.4, 0.5) is 0 Å². The fourth-order valence-corrected chi connectivity index (χ4v) is 3.59. The van der Waals surface area contributed by atoms with Gasteiger partial charge in [0.15, 0.2) is 0 Å². The highest BCUT2D eigenvalue weighted by Gasteiger charge is 2.24. The highest BCUT2D eigenvalue weighted by atomic mass is 35.5. The van der Waals surface area contributed by atoms with Crippen LogP contribution in [0.15, 0.2) is 35.7 Å². The number of hydrogen-bond donors (Lipinski definition) is 1. The van der Waals surface area contributed by atoms with Crippen LogP contribution in [-0.2, 0) is 9.84 Å². The molecule has 1 N–H and O–H groups in total. The monoisotopic (exact) mass is 314 g/mol. The first kappa shape index (κ1) is 15.0. The van der Waals surface area contributed by atoms with Crippen LogP contribution in [0.25, 0.3) is 5.69 Å². The molecular formula is C13H15ClN2O3S. The summed E-state index contributed by atoms with van der Waals surface area (Å²) in [5.41, 5.74) is 1.42. The Labute approximate surface area is 122 Å². The summed E-state index contributed by atoms with van der Waals surface area (Å²) in [5, 5.41) is 9.77. The highest BCUT2D eigenvalue weighted by Crippen LogP contribution is 2.24.